The molecule has 0 aromatic rings. The first-order valence-electron chi connectivity index (χ1n) is 5.97. The molecule has 0 amide bonds. The smallest absolute Gasteiger partial charge is 0.313 e. The van der Waals surface area contributed by atoms with Gasteiger partial charge in [0.25, 0.3) is 0 Å². The standard InChI is InChI=1S/C12H21NO3/c1-3-16-12(15)7-11(14)9-13(2)8-10-5-4-6-10/h10H,3-9H2,1-2H3. The van der Waals surface area contributed by atoms with Gasteiger partial charge in [-0.25, -0.2) is 0 Å². The molecule has 92 valence electrons. The predicted molar refractivity (Wildman–Crippen MR) is 61.1 cm³/mol. The van der Waals surface area contributed by atoms with Crippen LogP contribution in [0.25, 0.3) is 0 Å². The number of rotatable bonds is 7. The molecule has 0 N–H and O–H groups in total. The van der Waals surface area contributed by atoms with Gasteiger partial charge in [-0.1, -0.05) is 6.42 Å². The fourth-order valence-electron chi connectivity index (χ4n) is 1.91. The highest BCUT2D eigenvalue weighted by Crippen LogP contribution is 2.26. The Kier molecular flexibility index (Phi) is 5.46. The lowest BCUT2D eigenvalue weighted by Gasteiger charge is -2.29. The lowest BCUT2D eigenvalue weighted by atomic mass is 9.85. The van der Waals surface area contributed by atoms with E-state index in [1.807, 2.05) is 11.9 Å². The van der Waals surface area contributed by atoms with E-state index in [1.165, 1.54) is 19.3 Å². The van der Waals surface area contributed by atoms with Gasteiger partial charge in [0.1, 0.15) is 6.42 Å². The van der Waals surface area contributed by atoms with Gasteiger partial charge in [0, 0.05) is 6.54 Å². The van der Waals surface area contributed by atoms with Gasteiger partial charge in [-0.2, -0.15) is 0 Å². The number of carbonyl (C=O) groups excluding carboxylic acids is 2. The third-order valence-electron chi connectivity index (χ3n) is 2.89. The van der Waals surface area contributed by atoms with Gasteiger partial charge in [-0.3, -0.25) is 14.5 Å². The monoisotopic (exact) mass is 227 g/mol. The number of ether oxygens (including phenoxy) is 1. The third-order valence-corrected chi connectivity index (χ3v) is 2.89. The van der Waals surface area contributed by atoms with Gasteiger partial charge in [-0.15, -0.1) is 0 Å². The van der Waals surface area contributed by atoms with Crippen molar-refractivity contribution in [2.45, 2.75) is 32.6 Å². The van der Waals surface area contributed by atoms with E-state index in [1.54, 1.807) is 6.92 Å². The van der Waals surface area contributed by atoms with Crippen LogP contribution in [0.3, 0.4) is 0 Å². The van der Waals surface area contributed by atoms with Crippen molar-refractivity contribution in [1.29, 1.82) is 0 Å². The van der Waals surface area contributed by atoms with Gasteiger partial charge in [-0.05, 0) is 32.7 Å². The zero-order chi connectivity index (χ0) is 12.0. The Morgan fingerprint density at radius 1 is 1.38 bits per heavy atom. The molecule has 1 fully saturated rings. The molecular formula is C12H21NO3. The number of carbonyl (C=O) groups is 2. The minimum atomic E-state index is -0.412. The van der Waals surface area contributed by atoms with Gasteiger partial charge < -0.3 is 4.74 Å². The van der Waals surface area contributed by atoms with Crippen molar-refractivity contribution in [3.05, 3.63) is 0 Å². The number of hydrogen-bond acceptors (Lipinski definition) is 4. The van der Waals surface area contributed by atoms with E-state index in [2.05, 4.69) is 0 Å². The number of hydrogen-bond donors (Lipinski definition) is 0. The number of likely N-dealkylation sites (N-methyl/N-ethyl adjacent to an activating group) is 1. The van der Waals surface area contributed by atoms with Crippen LogP contribution >= 0.6 is 0 Å². The quantitative estimate of drug-likeness (QED) is 0.485. The van der Waals surface area contributed by atoms with Crippen molar-refractivity contribution in [2.75, 3.05) is 26.7 Å². The maximum atomic E-state index is 11.5. The summed E-state index contributed by atoms with van der Waals surface area (Å²) in [6.07, 6.45) is 3.77. The van der Waals surface area contributed by atoms with Crippen LogP contribution in [-0.2, 0) is 14.3 Å². The largest absolute Gasteiger partial charge is 0.466 e. The second-order valence-corrected chi connectivity index (χ2v) is 4.51. The highest BCUT2D eigenvalue weighted by molar-refractivity contribution is 5.96. The predicted octanol–water partition coefficient (Wildman–Crippen LogP) is 1.24. The summed E-state index contributed by atoms with van der Waals surface area (Å²) >= 11 is 0. The van der Waals surface area contributed by atoms with E-state index in [4.69, 9.17) is 4.74 Å². The number of ketones is 1. The molecule has 0 unspecified atom stereocenters. The molecule has 0 aromatic carbocycles. The van der Waals surface area contributed by atoms with Crippen molar-refractivity contribution < 1.29 is 14.3 Å². The zero-order valence-corrected chi connectivity index (χ0v) is 10.2. The van der Waals surface area contributed by atoms with Gasteiger partial charge >= 0.3 is 5.97 Å². The molecule has 1 saturated carbocycles. The minimum Gasteiger partial charge on any atom is -0.466 e. The summed E-state index contributed by atoms with van der Waals surface area (Å²) in [6.45, 7) is 3.40. The molecule has 0 atom stereocenters. The van der Waals surface area contributed by atoms with Crippen LogP contribution in [0.1, 0.15) is 32.6 Å². The SMILES string of the molecule is CCOC(=O)CC(=O)CN(C)CC1CCC1. The summed E-state index contributed by atoms with van der Waals surface area (Å²) in [4.78, 5) is 24.6. The van der Waals surface area contributed by atoms with Crippen LogP contribution in [0.5, 0.6) is 0 Å². The molecule has 0 radical (unpaired) electrons. The Bertz CT molecular complexity index is 249. The first-order valence-corrected chi connectivity index (χ1v) is 5.97. The molecule has 16 heavy (non-hydrogen) atoms. The maximum absolute atomic E-state index is 11.5. The first kappa shape index (κ1) is 13.2. The average Bonchev–Trinajstić information content (AvgIpc) is 2.11. The molecular weight excluding hydrogens is 206 g/mol. The highest BCUT2D eigenvalue weighted by atomic mass is 16.5. The Hall–Kier alpha value is -0.900. The summed E-state index contributed by atoms with van der Waals surface area (Å²) < 4.78 is 4.73. The summed E-state index contributed by atoms with van der Waals surface area (Å²) in [5.74, 6) is 0.283. The zero-order valence-electron chi connectivity index (χ0n) is 10.2. The first-order chi connectivity index (χ1) is 7.61. The number of nitrogens with zero attached hydrogens (tertiary/aromatic N) is 1. The molecule has 0 aliphatic heterocycles. The van der Waals surface area contributed by atoms with Gasteiger partial charge in [0.2, 0.25) is 0 Å². The average molecular weight is 227 g/mol. The summed E-state index contributed by atoms with van der Waals surface area (Å²) in [7, 11) is 1.93. The van der Waals surface area contributed by atoms with E-state index in [0.717, 1.165) is 12.5 Å². The van der Waals surface area contributed by atoms with E-state index in [-0.39, 0.29) is 12.2 Å². The van der Waals surface area contributed by atoms with E-state index < -0.39 is 5.97 Å². The van der Waals surface area contributed by atoms with Crippen LogP contribution in [-0.4, -0.2) is 43.4 Å². The Morgan fingerprint density at radius 2 is 2.06 bits per heavy atom. The van der Waals surface area contributed by atoms with Gasteiger partial charge in [0.05, 0.1) is 13.2 Å². The molecule has 1 aliphatic carbocycles. The normalized spacial score (nSPS) is 15.9. The highest BCUT2D eigenvalue weighted by Gasteiger charge is 2.20. The van der Waals surface area contributed by atoms with Crippen LogP contribution in [0.15, 0.2) is 0 Å². The molecule has 4 heteroatoms. The van der Waals surface area contributed by atoms with Gasteiger partial charge in [0.15, 0.2) is 5.78 Å². The summed E-state index contributed by atoms with van der Waals surface area (Å²) in [6, 6.07) is 0. The number of esters is 1. The van der Waals surface area contributed by atoms with Crippen LogP contribution in [0.4, 0.5) is 0 Å². The molecule has 4 nitrogen and oxygen atoms in total. The Morgan fingerprint density at radius 3 is 2.56 bits per heavy atom. The van der Waals surface area contributed by atoms with Crippen molar-refractivity contribution in [1.82, 2.24) is 4.90 Å². The Balaban J connectivity index is 2.14. The van der Waals surface area contributed by atoms with E-state index >= 15 is 0 Å². The summed E-state index contributed by atoms with van der Waals surface area (Å²) in [5, 5.41) is 0. The van der Waals surface area contributed by atoms with E-state index in [9.17, 15) is 9.59 Å². The topological polar surface area (TPSA) is 46.6 Å². The van der Waals surface area contributed by atoms with Crippen molar-refractivity contribution in [3.8, 4) is 0 Å². The van der Waals surface area contributed by atoms with Crippen LogP contribution in [0.2, 0.25) is 0 Å². The lowest BCUT2D eigenvalue weighted by molar-refractivity contribution is -0.145. The van der Waals surface area contributed by atoms with Crippen molar-refractivity contribution in [3.63, 3.8) is 0 Å². The van der Waals surface area contributed by atoms with Crippen LogP contribution in [0, 0.1) is 5.92 Å². The van der Waals surface area contributed by atoms with Crippen LogP contribution < -0.4 is 0 Å². The second-order valence-electron chi connectivity index (χ2n) is 4.51. The molecule has 0 spiro atoms. The second kappa shape index (κ2) is 6.63. The molecule has 1 rings (SSSR count). The maximum Gasteiger partial charge on any atom is 0.313 e. The molecule has 0 heterocycles. The summed E-state index contributed by atoms with van der Waals surface area (Å²) in [5.41, 5.74) is 0. The molecule has 0 aromatic heterocycles. The number of Topliss-reactive ketones (excluding diaryl/α,β-unsaturated/α-hetero) is 1. The fourth-order valence-corrected chi connectivity index (χ4v) is 1.91. The minimum absolute atomic E-state index is 0.0553. The van der Waals surface area contributed by atoms with E-state index in [0.29, 0.717) is 13.2 Å². The molecule has 0 saturated heterocycles. The molecule has 0 bridgehead atoms. The van der Waals surface area contributed by atoms with Crippen molar-refractivity contribution in [2.24, 2.45) is 5.92 Å². The lowest BCUT2D eigenvalue weighted by Crippen LogP contribution is -2.34. The fraction of sp³-hybridized carbons (Fsp3) is 0.833. The third kappa shape index (κ3) is 4.75. The molecule has 1 aliphatic rings. The van der Waals surface area contributed by atoms with Crippen molar-refractivity contribution >= 4 is 11.8 Å². The Labute approximate surface area is 96.9 Å².